The van der Waals surface area contributed by atoms with Crippen molar-refractivity contribution in [3.63, 3.8) is 0 Å². The van der Waals surface area contributed by atoms with E-state index in [1.165, 1.54) is 11.3 Å². The van der Waals surface area contributed by atoms with Gasteiger partial charge in [-0.05, 0) is 52.9 Å². The second kappa shape index (κ2) is 5.62. The minimum atomic E-state index is -0.225. The number of fused-ring (bicyclic) bond motifs is 1. The zero-order valence-corrected chi connectivity index (χ0v) is 12.3. The Morgan fingerprint density at radius 1 is 1.40 bits per heavy atom. The maximum atomic E-state index is 11.9. The number of aryl methyl sites for hydroxylation is 1. The minimum Gasteiger partial charge on any atom is -0.335 e. The molecule has 6 nitrogen and oxygen atoms in total. The van der Waals surface area contributed by atoms with Crippen molar-refractivity contribution >= 4 is 27.8 Å². The highest BCUT2D eigenvalue weighted by Gasteiger charge is 2.21. The molecule has 0 saturated carbocycles. The Morgan fingerprint density at radius 2 is 2.30 bits per heavy atom. The minimum absolute atomic E-state index is 0.135. The summed E-state index contributed by atoms with van der Waals surface area (Å²) in [7, 11) is 0. The highest BCUT2D eigenvalue weighted by Crippen LogP contribution is 2.19. The van der Waals surface area contributed by atoms with Gasteiger partial charge in [0.25, 0.3) is 0 Å². The van der Waals surface area contributed by atoms with Crippen LogP contribution in [0.5, 0.6) is 0 Å². The van der Waals surface area contributed by atoms with Gasteiger partial charge in [-0.3, -0.25) is 10.4 Å². The number of aromatic amines is 1. The van der Waals surface area contributed by atoms with E-state index in [1.54, 1.807) is 12.3 Å². The number of pyridine rings is 1. The van der Waals surface area contributed by atoms with Crippen LogP contribution in [-0.4, -0.2) is 27.3 Å². The molecule has 3 N–H and O–H groups in total. The van der Waals surface area contributed by atoms with Gasteiger partial charge in [0, 0.05) is 22.4 Å². The topological polar surface area (TPSA) is 82.7 Å². The maximum absolute atomic E-state index is 11.9. The Labute approximate surface area is 124 Å². The maximum Gasteiger partial charge on any atom is 0.320 e. The quantitative estimate of drug-likeness (QED) is 0.787. The standard InChI is InChI=1S/C13H14BrN5O/c14-9-1-4-12(15-7-9)18-13(20)17-10-2-3-11-8(5-10)6-16-19-11/h1,4,6-7,10H,2-3,5H2,(H,16,19)(H2,15,17,18,20)/t10-/m0/s1. The van der Waals surface area contributed by atoms with Crippen molar-refractivity contribution in [1.82, 2.24) is 20.5 Å². The molecule has 0 fully saturated rings. The molecule has 104 valence electrons. The number of carbonyl (C=O) groups excluding carboxylic acids is 1. The van der Waals surface area contributed by atoms with Crippen molar-refractivity contribution in [3.8, 4) is 0 Å². The summed E-state index contributed by atoms with van der Waals surface area (Å²) in [6.45, 7) is 0. The summed E-state index contributed by atoms with van der Waals surface area (Å²) in [6.07, 6.45) is 6.12. The number of halogens is 1. The Bertz CT molecular complexity index is 609. The molecule has 3 rings (SSSR count). The molecule has 2 aromatic rings. The van der Waals surface area contributed by atoms with E-state index in [0.29, 0.717) is 5.82 Å². The van der Waals surface area contributed by atoms with Gasteiger partial charge in [-0.1, -0.05) is 0 Å². The molecule has 1 aliphatic carbocycles. The van der Waals surface area contributed by atoms with Crippen molar-refractivity contribution in [1.29, 1.82) is 0 Å². The Morgan fingerprint density at radius 3 is 3.10 bits per heavy atom. The third kappa shape index (κ3) is 2.98. The van der Waals surface area contributed by atoms with Crippen LogP contribution in [0.4, 0.5) is 10.6 Å². The van der Waals surface area contributed by atoms with E-state index in [2.05, 4.69) is 41.7 Å². The van der Waals surface area contributed by atoms with E-state index in [0.717, 1.165) is 23.7 Å². The average molecular weight is 336 g/mol. The molecule has 1 aliphatic rings. The van der Waals surface area contributed by atoms with Gasteiger partial charge >= 0.3 is 6.03 Å². The molecule has 0 bridgehead atoms. The highest BCUT2D eigenvalue weighted by atomic mass is 79.9. The molecule has 2 heterocycles. The normalized spacial score (nSPS) is 17.4. The fourth-order valence-corrected chi connectivity index (χ4v) is 2.56. The van der Waals surface area contributed by atoms with Gasteiger partial charge in [0.2, 0.25) is 0 Å². The first kappa shape index (κ1) is 13.1. The van der Waals surface area contributed by atoms with Gasteiger partial charge in [0.15, 0.2) is 0 Å². The fraction of sp³-hybridized carbons (Fsp3) is 0.308. The largest absolute Gasteiger partial charge is 0.335 e. The second-order valence-corrected chi connectivity index (χ2v) is 5.69. The monoisotopic (exact) mass is 335 g/mol. The van der Waals surface area contributed by atoms with Gasteiger partial charge < -0.3 is 5.32 Å². The van der Waals surface area contributed by atoms with Gasteiger partial charge in [-0.2, -0.15) is 5.10 Å². The van der Waals surface area contributed by atoms with Crippen molar-refractivity contribution in [2.45, 2.75) is 25.3 Å². The van der Waals surface area contributed by atoms with Crippen LogP contribution in [0.15, 0.2) is 29.0 Å². The highest BCUT2D eigenvalue weighted by molar-refractivity contribution is 9.10. The number of hydrogen-bond acceptors (Lipinski definition) is 3. The first-order valence-corrected chi connectivity index (χ1v) is 7.20. The molecule has 0 aromatic carbocycles. The van der Waals surface area contributed by atoms with Gasteiger partial charge in [-0.15, -0.1) is 0 Å². The van der Waals surface area contributed by atoms with Gasteiger partial charge in [-0.25, -0.2) is 9.78 Å². The molecule has 2 aromatic heterocycles. The van der Waals surface area contributed by atoms with Gasteiger partial charge in [0.05, 0.1) is 6.20 Å². The zero-order chi connectivity index (χ0) is 13.9. The molecule has 2 amide bonds. The van der Waals surface area contributed by atoms with Crippen molar-refractivity contribution in [2.75, 3.05) is 5.32 Å². The van der Waals surface area contributed by atoms with Gasteiger partial charge in [0.1, 0.15) is 5.82 Å². The van der Waals surface area contributed by atoms with E-state index < -0.39 is 0 Å². The van der Waals surface area contributed by atoms with Crippen LogP contribution in [0, 0.1) is 0 Å². The fourth-order valence-electron chi connectivity index (χ4n) is 2.33. The Kier molecular flexibility index (Phi) is 3.68. The third-order valence-corrected chi connectivity index (χ3v) is 3.79. The second-order valence-electron chi connectivity index (χ2n) is 4.77. The van der Waals surface area contributed by atoms with Crippen LogP contribution in [-0.2, 0) is 12.8 Å². The Hall–Kier alpha value is -1.89. The molecule has 0 aliphatic heterocycles. The number of amides is 2. The summed E-state index contributed by atoms with van der Waals surface area (Å²) in [4.78, 5) is 16.0. The smallest absolute Gasteiger partial charge is 0.320 e. The number of hydrogen-bond donors (Lipinski definition) is 3. The predicted octanol–water partition coefficient (Wildman–Crippen LogP) is 2.25. The molecule has 0 saturated heterocycles. The Balaban J connectivity index is 1.56. The van der Waals surface area contributed by atoms with Crippen LogP contribution in [0.2, 0.25) is 0 Å². The number of carbonyl (C=O) groups is 1. The number of anilines is 1. The SMILES string of the molecule is O=C(Nc1ccc(Br)cn1)N[C@H]1CCc2[nH]ncc2C1. The molecule has 1 atom stereocenters. The number of urea groups is 1. The molecule has 20 heavy (non-hydrogen) atoms. The number of rotatable bonds is 2. The summed E-state index contributed by atoms with van der Waals surface area (Å²) >= 11 is 3.30. The lowest BCUT2D eigenvalue weighted by Crippen LogP contribution is -2.41. The lowest BCUT2D eigenvalue weighted by Gasteiger charge is -2.22. The summed E-state index contributed by atoms with van der Waals surface area (Å²) in [5.41, 5.74) is 2.36. The van der Waals surface area contributed by atoms with Crippen LogP contribution >= 0.6 is 15.9 Å². The van der Waals surface area contributed by atoms with Crippen molar-refractivity contribution in [2.24, 2.45) is 0 Å². The van der Waals surface area contributed by atoms with E-state index in [1.807, 2.05) is 12.3 Å². The lowest BCUT2D eigenvalue weighted by atomic mass is 9.94. The molecule has 0 spiro atoms. The van der Waals surface area contributed by atoms with E-state index in [9.17, 15) is 4.79 Å². The summed E-state index contributed by atoms with van der Waals surface area (Å²) in [5, 5.41) is 12.7. The first-order chi connectivity index (χ1) is 9.70. The summed E-state index contributed by atoms with van der Waals surface area (Å²) < 4.78 is 0.878. The van der Waals surface area contributed by atoms with E-state index >= 15 is 0 Å². The molecule has 0 radical (unpaired) electrons. The molecule has 0 unspecified atom stereocenters. The molecular weight excluding hydrogens is 322 g/mol. The first-order valence-electron chi connectivity index (χ1n) is 6.41. The van der Waals surface area contributed by atoms with Crippen LogP contribution in [0.25, 0.3) is 0 Å². The lowest BCUT2D eigenvalue weighted by molar-refractivity contribution is 0.247. The number of aromatic nitrogens is 3. The van der Waals surface area contributed by atoms with Crippen LogP contribution in [0.3, 0.4) is 0 Å². The molecule has 7 heteroatoms. The van der Waals surface area contributed by atoms with Crippen molar-refractivity contribution < 1.29 is 4.79 Å². The van der Waals surface area contributed by atoms with E-state index in [4.69, 9.17) is 0 Å². The predicted molar refractivity (Wildman–Crippen MR) is 78.5 cm³/mol. The van der Waals surface area contributed by atoms with Crippen molar-refractivity contribution in [3.05, 3.63) is 40.3 Å². The third-order valence-electron chi connectivity index (χ3n) is 3.32. The zero-order valence-electron chi connectivity index (χ0n) is 10.7. The number of nitrogens with one attached hydrogen (secondary N) is 3. The van der Waals surface area contributed by atoms with Crippen LogP contribution in [0.1, 0.15) is 17.7 Å². The van der Waals surface area contributed by atoms with Crippen LogP contribution < -0.4 is 10.6 Å². The summed E-state index contributed by atoms with van der Waals surface area (Å²) in [5.74, 6) is 0.533. The number of nitrogens with zero attached hydrogens (tertiary/aromatic N) is 2. The average Bonchev–Trinajstić information content (AvgIpc) is 2.89. The number of H-pyrrole nitrogens is 1. The van der Waals surface area contributed by atoms with E-state index in [-0.39, 0.29) is 12.1 Å². The molecular formula is C13H14BrN5O. The summed E-state index contributed by atoms with van der Waals surface area (Å²) in [6, 6.07) is 3.49.